The van der Waals surface area contributed by atoms with Crippen molar-refractivity contribution in [1.82, 2.24) is 20.2 Å². The summed E-state index contributed by atoms with van der Waals surface area (Å²) in [4.78, 5) is 12.9. The molecule has 0 fully saturated rings. The third kappa shape index (κ3) is 3.68. The van der Waals surface area contributed by atoms with Crippen molar-refractivity contribution in [3.8, 4) is 11.5 Å². The molecule has 2 heterocycles. The number of allylic oxidation sites excluding steroid dienone is 1. The van der Waals surface area contributed by atoms with Gasteiger partial charge in [0, 0.05) is 5.70 Å². The van der Waals surface area contributed by atoms with E-state index in [1.807, 2.05) is 19.1 Å². The molecular formula is C18H22BrN5O4. The Balaban J connectivity index is 2.16. The monoisotopic (exact) mass is 451 g/mol. The summed E-state index contributed by atoms with van der Waals surface area (Å²) >= 11 is 3.54. The minimum atomic E-state index is -0.585. The van der Waals surface area contributed by atoms with Gasteiger partial charge >= 0.3 is 5.97 Å². The first-order chi connectivity index (χ1) is 13.4. The Kier molecular flexibility index (Phi) is 5.87. The maximum atomic E-state index is 12.9. The van der Waals surface area contributed by atoms with Gasteiger partial charge in [-0.15, -0.1) is 0 Å². The van der Waals surface area contributed by atoms with Crippen LogP contribution in [0.2, 0.25) is 0 Å². The standard InChI is InChI=1S/C18H22BrN5O4/c1-6-27-16-12(19)7-11(8-13(16)26-5)15-14(17(25)28-9(2)3)10(4)20-18-21-22-23-24(15)18/h7-9,15H,6H2,1-5H3,(H,20,21,23). The van der Waals surface area contributed by atoms with E-state index in [4.69, 9.17) is 14.2 Å². The summed E-state index contributed by atoms with van der Waals surface area (Å²) in [6.07, 6.45) is -0.259. The van der Waals surface area contributed by atoms with Gasteiger partial charge in [-0.05, 0) is 71.7 Å². The van der Waals surface area contributed by atoms with Crippen LogP contribution in [-0.4, -0.2) is 46.0 Å². The fourth-order valence-corrected chi connectivity index (χ4v) is 3.62. The number of benzene rings is 1. The molecule has 0 aliphatic carbocycles. The summed E-state index contributed by atoms with van der Waals surface area (Å²) in [6, 6.07) is 3.09. The van der Waals surface area contributed by atoms with E-state index in [9.17, 15) is 4.79 Å². The van der Waals surface area contributed by atoms with Gasteiger partial charge in [0.15, 0.2) is 11.5 Å². The van der Waals surface area contributed by atoms with Gasteiger partial charge in [-0.2, -0.15) is 4.68 Å². The quantitative estimate of drug-likeness (QED) is 0.668. The van der Waals surface area contributed by atoms with Crippen LogP contribution in [-0.2, 0) is 9.53 Å². The van der Waals surface area contributed by atoms with E-state index in [0.29, 0.717) is 39.8 Å². The van der Waals surface area contributed by atoms with Crippen molar-refractivity contribution >= 4 is 27.8 Å². The predicted octanol–water partition coefficient (Wildman–Crippen LogP) is 3.08. The SMILES string of the molecule is CCOc1c(Br)cc(C2C(C(=O)OC(C)C)=C(C)Nc3nnnn32)cc1OC. The lowest BCUT2D eigenvalue weighted by Gasteiger charge is -2.28. The topological polar surface area (TPSA) is 100 Å². The Morgan fingerprint density at radius 3 is 2.79 bits per heavy atom. The van der Waals surface area contributed by atoms with Crippen LogP contribution in [0.1, 0.15) is 39.3 Å². The Bertz CT molecular complexity index is 925. The summed E-state index contributed by atoms with van der Waals surface area (Å²) < 4.78 is 18.9. The number of nitrogens with one attached hydrogen (secondary N) is 1. The number of ether oxygens (including phenoxy) is 3. The Morgan fingerprint density at radius 2 is 2.14 bits per heavy atom. The van der Waals surface area contributed by atoms with Crippen molar-refractivity contribution in [2.24, 2.45) is 0 Å². The molecule has 1 atom stereocenters. The summed E-state index contributed by atoms with van der Waals surface area (Å²) in [5.74, 6) is 1.13. The van der Waals surface area contributed by atoms with E-state index >= 15 is 0 Å². The Hall–Kier alpha value is -2.62. The lowest BCUT2D eigenvalue weighted by molar-refractivity contribution is -0.143. The molecule has 1 aliphatic heterocycles. The molecule has 0 saturated heterocycles. The van der Waals surface area contributed by atoms with Crippen LogP contribution in [0.25, 0.3) is 0 Å². The highest BCUT2D eigenvalue weighted by molar-refractivity contribution is 9.10. The van der Waals surface area contributed by atoms with Crippen LogP contribution < -0.4 is 14.8 Å². The number of carbonyl (C=O) groups is 1. The normalized spacial score (nSPS) is 15.9. The molecule has 1 aromatic heterocycles. The first-order valence-electron chi connectivity index (χ1n) is 8.84. The largest absolute Gasteiger partial charge is 0.493 e. The summed E-state index contributed by atoms with van der Waals surface area (Å²) in [5.41, 5.74) is 1.80. The van der Waals surface area contributed by atoms with E-state index in [1.165, 1.54) is 0 Å². The number of fused-ring (bicyclic) bond motifs is 1. The number of carbonyl (C=O) groups excluding carboxylic acids is 1. The lowest BCUT2D eigenvalue weighted by Crippen LogP contribution is -2.30. The fraction of sp³-hybridized carbons (Fsp3) is 0.444. The molecule has 1 aliphatic rings. The average molecular weight is 452 g/mol. The molecule has 150 valence electrons. The van der Waals surface area contributed by atoms with Crippen LogP contribution >= 0.6 is 15.9 Å². The van der Waals surface area contributed by atoms with Gasteiger partial charge in [-0.25, -0.2) is 4.79 Å². The smallest absolute Gasteiger partial charge is 0.338 e. The number of rotatable bonds is 6. The van der Waals surface area contributed by atoms with Crippen LogP contribution in [0.15, 0.2) is 27.9 Å². The summed E-state index contributed by atoms with van der Waals surface area (Å²) in [5, 5.41) is 14.8. The second-order valence-corrected chi connectivity index (χ2v) is 7.29. The molecular weight excluding hydrogens is 430 g/mol. The third-order valence-corrected chi connectivity index (χ3v) is 4.72. The number of hydrogen-bond donors (Lipinski definition) is 1. The second-order valence-electron chi connectivity index (χ2n) is 6.43. The fourth-order valence-electron chi connectivity index (χ4n) is 3.04. The van der Waals surface area contributed by atoms with Gasteiger partial charge in [-0.3, -0.25) is 0 Å². The molecule has 10 heteroatoms. The van der Waals surface area contributed by atoms with Gasteiger partial charge in [0.05, 0.1) is 29.9 Å². The highest BCUT2D eigenvalue weighted by Crippen LogP contribution is 2.42. The van der Waals surface area contributed by atoms with Crippen molar-refractivity contribution in [3.05, 3.63) is 33.4 Å². The number of hydrogen-bond acceptors (Lipinski definition) is 8. The molecule has 1 unspecified atom stereocenters. The molecule has 9 nitrogen and oxygen atoms in total. The highest BCUT2D eigenvalue weighted by atomic mass is 79.9. The highest BCUT2D eigenvalue weighted by Gasteiger charge is 2.36. The maximum absolute atomic E-state index is 12.9. The number of tetrazole rings is 1. The Morgan fingerprint density at radius 1 is 1.39 bits per heavy atom. The lowest BCUT2D eigenvalue weighted by atomic mass is 9.95. The zero-order valence-corrected chi connectivity index (χ0v) is 17.9. The molecule has 2 aromatic rings. The molecule has 0 amide bonds. The molecule has 0 saturated carbocycles. The van der Waals surface area contributed by atoms with E-state index < -0.39 is 12.0 Å². The van der Waals surface area contributed by atoms with Crippen LogP contribution in [0.4, 0.5) is 5.95 Å². The van der Waals surface area contributed by atoms with Gasteiger partial charge < -0.3 is 19.5 Å². The van der Waals surface area contributed by atoms with Gasteiger partial charge in [0.1, 0.15) is 6.04 Å². The molecule has 0 radical (unpaired) electrons. The third-order valence-electron chi connectivity index (χ3n) is 4.13. The first kappa shape index (κ1) is 20.1. The van der Waals surface area contributed by atoms with Crippen molar-refractivity contribution in [1.29, 1.82) is 0 Å². The minimum Gasteiger partial charge on any atom is -0.493 e. The number of nitrogens with zero attached hydrogens (tertiary/aromatic N) is 4. The van der Waals surface area contributed by atoms with Crippen molar-refractivity contribution < 1.29 is 19.0 Å². The average Bonchev–Trinajstić information content (AvgIpc) is 3.09. The van der Waals surface area contributed by atoms with Crippen LogP contribution in [0.3, 0.4) is 0 Å². The molecule has 0 spiro atoms. The maximum Gasteiger partial charge on any atom is 0.338 e. The molecule has 1 aromatic carbocycles. The predicted molar refractivity (Wildman–Crippen MR) is 105 cm³/mol. The second kappa shape index (κ2) is 8.17. The zero-order chi connectivity index (χ0) is 20.4. The summed E-state index contributed by atoms with van der Waals surface area (Å²) in [6.45, 7) is 7.79. The van der Waals surface area contributed by atoms with Crippen LogP contribution in [0.5, 0.6) is 11.5 Å². The van der Waals surface area contributed by atoms with E-state index in [0.717, 1.165) is 5.56 Å². The van der Waals surface area contributed by atoms with Gasteiger partial charge in [0.25, 0.3) is 0 Å². The Labute approximate surface area is 171 Å². The summed E-state index contributed by atoms with van der Waals surface area (Å²) in [7, 11) is 1.56. The zero-order valence-electron chi connectivity index (χ0n) is 16.3. The number of anilines is 1. The van der Waals surface area contributed by atoms with E-state index in [1.54, 1.807) is 32.6 Å². The molecule has 28 heavy (non-hydrogen) atoms. The molecule has 0 bridgehead atoms. The van der Waals surface area contributed by atoms with Crippen molar-refractivity contribution in [2.75, 3.05) is 19.0 Å². The number of halogens is 1. The van der Waals surface area contributed by atoms with Gasteiger partial charge in [0.2, 0.25) is 5.95 Å². The number of aromatic nitrogens is 4. The van der Waals surface area contributed by atoms with E-state index in [2.05, 4.69) is 36.8 Å². The van der Waals surface area contributed by atoms with E-state index in [-0.39, 0.29) is 6.10 Å². The number of esters is 1. The molecule has 3 rings (SSSR count). The van der Waals surface area contributed by atoms with Crippen LogP contribution in [0, 0.1) is 0 Å². The number of methoxy groups -OCH3 is 1. The van der Waals surface area contributed by atoms with Crippen molar-refractivity contribution in [2.45, 2.75) is 39.8 Å². The van der Waals surface area contributed by atoms with Gasteiger partial charge in [-0.1, -0.05) is 5.10 Å². The first-order valence-corrected chi connectivity index (χ1v) is 9.63. The minimum absolute atomic E-state index is 0.259. The molecule has 1 N–H and O–H groups in total. The van der Waals surface area contributed by atoms with Crippen molar-refractivity contribution in [3.63, 3.8) is 0 Å².